The molecule has 0 aliphatic heterocycles. The van der Waals surface area contributed by atoms with E-state index in [0.717, 1.165) is 5.56 Å². The topological polar surface area (TPSA) is 50.4 Å². The van der Waals surface area contributed by atoms with E-state index in [1.807, 2.05) is 0 Å². The third-order valence-corrected chi connectivity index (χ3v) is 2.35. The maximum atomic E-state index is 11.9. The normalized spacial score (nSPS) is 10.9. The highest BCUT2D eigenvalue weighted by Gasteiger charge is 2.27. The Morgan fingerprint density at radius 3 is 2.57 bits per heavy atom. The van der Waals surface area contributed by atoms with Gasteiger partial charge in [0, 0.05) is 6.54 Å². The third-order valence-electron chi connectivity index (χ3n) is 2.35. The lowest BCUT2D eigenvalue weighted by molar-refractivity contribution is -0.176. The number of hydrogen-bond donors (Lipinski definition) is 2. The fourth-order valence-corrected chi connectivity index (χ4v) is 1.54. The maximum Gasteiger partial charge on any atom is 0.411 e. The first-order valence-electron chi connectivity index (χ1n) is 6.04. The number of rotatable bonds is 7. The molecule has 0 bridgehead atoms. The fraction of sp³-hybridized carbons (Fsp3) is 0.462. The van der Waals surface area contributed by atoms with Crippen molar-refractivity contribution in [2.75, 3.05) is 20.2 Å². The molecule has 0 fully saturated rings. The summed E-state index contributed by atoms with van der Waals surface area (Å²) in [4.78, 5) is 11.3. The Morgan fingerprint density at radius 1 is 1.29 bits per heavy atom. The summed E-state index contributed by atoms with van der Waals surface area (Å²) < 4.78 is 40.4. The van der Waals surface area contributed by atoms with Gasteiger partial charge in [-0.2, -0.15) is 13.2 Å². The zero-order valence-corrected chi connectivity index (χ0v) is 12.3. The summed E-state index contributed by atoms with van der Waals surface area (Å²) in [6, 6.07) is 6.88. The average molecular weight is 327 g/mol. The fourth-order valence-electron chi connectivity index (χ4n) is 1.54. The molecule has 1 rings (SSSR count). The number of nitrogens with one attached hydrogen (secondary N) is 2. The van der Waals surface area contributed by atoms with Crippen molar-refractivity contribution in [3.8, 4) is 0 Å². The highest BCUT2D eigenvalue weighted by molar-refractivity contribution is 5.85. The molecule has 1 aromatic carbocycles. The number of carbonyl (C=O) groups is 1. The van der Waals surface area contributed by atoms with Crippen LogP contribution in [0.25, 0.3) is 0 Å². The van der Waals surface area contributed by atoms with Crippen LogP contribution in [0.4, 0.5) is 13.2 Å². The van der Waals surface area contributed by atoms with Crippen LogP contribution in [0.3, 0.4) is 0 Å². The minimum Gasteiger partial charge on any atom is -0.367 e. The molecule has 8 heteroatoms. The Balaban J connectivity index is 0.00000400. The molecule has 120 valence electrons. The molecule has 4 nitrogen and oxygen atoms in total. The van der Waals surface area contributed by atoms with Crippen molar-refractivity contribution in [3.63, 3.8) is 0 Å². The highest BCUT2D eigenvalue weighted by Crippen LogP contribution is 2.16. The number of benzene rings is 1. The molecule has 1 aromatic rings. The van der Waals surface area contributed by atoms with Gasteiger partial charge in [0.05, 0.1) is 13.2 Å². The number of halogens is 4. The first-order valence-corrected chi connectivity index (χ1v) is 6.04. The lowest BCUT2D eigenvalue weighted by Crippen LogP contribution is -2.31. The van der Waals surface area contributed by atoms with Gasteiger partial charge in [0.1, 0.15) is 6.61 Å². The van der Waals surface area contributed by atoms with Gasteiger partial charge in [0.25, 0.3) is 0 Å². The zero-order valence-electron chi connectivity index (χ0n) is 11.5. The number of ether oxygens (including phenoxy) is 1. The molecule has 0 saturated heterocycles. The van der Waals surface area contributed by atoms with Crippen LogP contribution in [0.2, 0.25) is 0 Å². The quantitative estimate of drug-likeness (QED) is 0.806. The van der Waals surface area contributed by atoms with Crippen LogP contribution in [-0.2, 0) is 22.7 Å². The van der Waals surface area contributed by atoms with Gasteiger partial charge in [-0.15, -0.1) is 12.4 Å². The van der Waals surface area contributed by atoms with E-state index in [9.17, 15) is 18.0 Å². The molecule has 0 aliphatic carbocycles. The van der Waals surface area contributed by atoms with Crippen LogP contribution in [0.5, 0.6) is 0 Å². The van der Waals surface area contributed by atoms with E-state index < -0.39 is 12.8 Å². The second-order valence-electron chi connectivity index (χ2n) is 4.23. The SMILES string of the molecule is CNCC(=O)NCc1cccc(COCC(F)(F)F)c1.Cl. The molecule has 2 N–H and O–H groups in total. The number of carbonyl (C=O) groups excluding carboxylic acids is 1. The Hall–Kier alpha value is -1.31. The van der Waals surface area contributed by atoms with E-state index >= 15 is 0 Å². The predicted molar refractivity (Wildman–Crippen MR) is 75.2 cm³/mol. The van der Waals surface area contributed by atoms with E-state index in [0.29, 0.717) is 12.1 Å². The molecule has 21 heavy (non-hydrogen) atoms. The maximum absolute atomic E-state index is 11.9. The Kier molecular flexibility index (Phi) is 9.00. The van der Waals surface area contributed by atoms with E-state index in [-0.39, 0.29) is 31.5 Å². The van der Waals surface area contributed by atoms with Crippen LogP contribution in [0.1, 0.15) is 11.1 Å². The van der Waals surface area contributed by atoms with Crippen LogP contribution >= 0.6 is 12.4 Å². The molecule has 0 aromatic heterocycles. The monoisotopic (exact) mass is 326 g/mol. The van der Waals surface area contributed by atoms with Crippen LogP contribution in [0, 0.1) is 0 Å². The molecule has 0 heterocycles. The third kappa shape index (κ3) is 9.28. The summed E-state index contributed by atoms with van der Waals surface area (Å²) in [6.45, 7) is -0.837. The van der Waals surface area contributed by atoms with E-state index in [2.05, 4.69) is 15.4 Å². The number of likely N-dealkylation sites (N-methyl/N-ethyl adjacent to an activating group) is 1. The summed E-state index contributed by atoms with van der Waals surface area (Å²) in [5.41, 5.74) is 1.44. The summed E-state index contributed by atoms with van der Waals surface area (Å²) in [6.07, 6.45) is -4.32. The van der Waals surface area contributed by atoms with Crippen LogP contribution in [0.15, 0.2) is 24.3 Å². The molecule has 0 atom stereocenters. The van der Waals surface area contributed by atoms with Gasteiger partial charge in [-0.3, -0.25) is 4.79 Å². The van der Waals surface area contributed by atoms with Crippen molar-refractivity contribution >= 4 is 18.3 Å². The number of alkyl halides is 3. The standard InChI is InChI=1S/C13H17F3N2O2.ClH/c1-17-7-12(19)18-6-10-3-2-4-11(5-10)8-20-9-13(14,15)16;/h2-5,17H,6-9H2,1H3,(H,18,19);1H. The number of hydrogen-bond acceptors (Lipinski definition) is 3. The van der Waals surface area contributed by atoms with E-state index in [1.54, 1.807) is 31.3 Å². The molecular weight excluding hydrogens is 309 g/mol. The lowest BCUT2D eigenvalue weighted by atomic mass is 10.1. The predicted octanol–water partition coefficient (Wildman–Crippen LogP) is 2.02. The molecule has 0 spiro atoms. The Labute approximate surface area is 127 Å². The minimum atomic E-state index is -4.32. The van der Waals surface area contributed by atoms with Gasteiger partial charge in [-0.25, -0.2) is 0 Å². The van der Waals surface area contributed by atoms with Crippen LogP contribution < -0.4 is 10.6 Å². The van der Waals surface area contributed by atoms with E-state index in [1.165, 1.54) is 0 Å². The van der Waals surface area contributed by atoms with Gasteiger partial charge >= 0.3 is 6.18 Å². The minimum absolute atomic E-state index is 0. The van der Waals surface area contributed by atoms with Gasteiger partial charge in [-0.1, -0.05) is 24.3 Å². The molecule has 0 unspecified atom stereocenters. The molecule has 0 aliphatic rings. The molecule has 0 radical (unpaired) electrons. The van der Waals surface area contributed by atoms with Gasteiger partial charge in [-0.05, 0) is 18.2 Å². The Bertz CT molecular complexity index is 442. The van der Waals surface area contributed by atoms with Crippen molar-refractivity contribution in [2.45, 2.75) is 19.3 Å². The van der Waals surface area contributed by atoms with Crippen molar-refractivity contribution in [3.05, 3.63) is 35.4 Å². The summed E-state index contributed by atoms with van der Waals surface area (Å²) >= 11 is 0. The largest absolute Gasteiger partial charge is 0.411 e. The van der Waals surface area contributed by atoms with Gasteiger partial charge in [0.15, 0.2) is 0 Å². The highest BCUT2D eigenvalue weighted by atomic mass is 35.5. The summed E-state index contributed by atoms with van der Waals surface area (Å²) in [7, 11) is 1.66. The molecular formula is C13H18ClF3N2O2. The molecule has 0 saturated carbocycles. The average Bonchev–Trinajstić information content (AvgIpc) is 2.36. The van der Waals surface area contributed by atoms with Crippen molar-refractivity contribution in [1.29, 1.82) is 0 Å². The molecule has 1 amide bonds. The second-order valence-corrected chi connectivity index (χ2v) is 4.23. The van der Waals surface area contributed by atoms with Crippen molar-refractivity contribution in [1.82, 2.24) is 10.6 Å². The van der Waals surface area contributed by atoms with E-state index in [4.69, 9.17) is 0 Å². The smallest absolute Gasteiger partial charge is 0.367 e. The first-order chi connectivity index (χ1) is 9.40. The van der Waals surface area contributed by atoms with Gasteiger partial charge < -0.3 is 15.4 Å². The summed E-state index contributed by atoms with van der Waals surface area (Å²) in [5.74, 6) is -0.147. The summed E-state index contributed by atoms with van der Waals surface area (Å²) in [5, 5.41) is 5.40. The van der Waals surface area contributed by atoms with Gasteiger partial charge in [0.2, 0.25) is 5.91 Å². The lowest BCUT2D eigenvalue weighted by Gasteiger charge is -2.09. The first kappa shape index (κ1) is 19.7. The zero-order chi connectivity index (χ0) is 15.0. The Morgan fingerprint density at radius 2 is 1.95 bits per heavy atom. The van der Waals surface area contributed by atoms with Crippen molar-refractivity contribution in [2.24, 2.45) is 0 Å². The van der Waals surface area contributed by atoms with Crippen molar-refractivity contribution < 1.29 is 22.7 Å². The number of amides is 1. The second kappa shape index (κ2) is 9.59. The van der Waals surface area contributed by atoms with Crippen LogP contribution in [-0.4, -0.2) is 32.3 Å².